The highest BCUT2D eigenvalue weighted by Gasteiger charge is 2.28. The Bertz CT molecular complexity index is 492. The van der Waals surface area contributed by atoms with Gasteiger partial charge in [-0.1, -0.05) is 0 Å². The average Bonchev–Trinajstić information content (AvgIpc) is 2.50. The maximum Gasteiger partial charge on any atom is 0.235 e. The lowest BCUT2D eigenvalue weighted by Crippen LogP contribution is -2.25. The van der Waals surface area contributed by atoms with Gasteiger partial charge in [0, 0.05) is 6.54 Å². The van der Waals surface area contributed by atoms with Gasteiger partial charge in [-0.05, 0) is 24.6 Å². The summed E-state index contributed by atoms with van der Waals surface area (Å²) < 4.78 is 37.3. The Morgan fingerprint density at radius 3 is 2.56 bits per heavy atom. The third-order valence-corrected chi connectivity index (χ3v) is 4.24. The zero-order valence-corrected chi connectivity index (χ0v) is 10.0. The Balaban J connectivity index is 0.00000128. The van der Waals surface area contributed by atoms with Crippen molar-refractivity contribution < 1.29 is 12.8 Å². The van der Waals surface area contributed by atoms with Crippen LogP contribution in [-0.4, -0.2) is 20.7 Å². The molecular weight excluding hydrogens is 255 g/mol. The van der Waals surface area contributed by atoms with Gasteiger partial charge in [0.25, 0.3) is 0 Å². The van der Waals surface area contributed by atoms with Crippen LogP contribution in [0.4, 0.5) is 15.8 Å². The van der Waals surface area contributed by atoms with Crippen molar-refractivity contribution in [2.24, 2.45) is 0 Å². The number of halogens is 2. The van der Waals surface area contributed by atoms with E-state index in [9.17, 15) is 12.8 Å². The number of nitrogen functional groups attached to an aromatic ring is 1. The number of hydrogen-bond acceptors (Lipinski definition) is 3. The van der Waals surface area contributed by atoms with Gasteiger partial charge in [0.1, 0.15) is 5.82 Å². The predicted molar refractivity (Wildman–Crippen MR) is 63.8 cm³/mol. The molecule has 90 valence electrons. The number of benzene rings is 1. The van der Waals surface area contributed by atoms with Gasteiger partial charge in [-0.2, -0.15) is 0 Å². The standard InChI is InChI=1S/C9H11FN2O2S.ClH/c10-8-3-2-7(6-9(8)11)12-4-1-5-15(12,13)14;/h2-3,6H,1,4-5,11H2;1H. The van der Waals surface area contributed by atoms with E-state index in [0.717, 1.165) is 0 Å². The number of hydrogen-bond donors (Lipinski definition) is 1. The van der Waals surface area contributed by atoms with Gasteiger partial charge in [0.05, 0.1) is 17.1 Å². The Morgan fingerprint density at radius 1 is 1.38 bits per heavy atom. The SMILES string of the molecule is Cl.Nc1cc(N2CCCS2(=O)=O)ccc1F. The molecule has 0 saturated carbocycles. The molecule has 1 aromatic rings. The summed E-state index contributed by atoms with van der Waals surface area (Å²) in [6.45, 7) is 0.438. The molecule has 1 heterocycles. The second-order valence-electron chi connectivity index (χ2n) is 3.45. The van der Waals surface area contributed by atoms with Gasteiger partial charge in [-0.3, -0.25) is 4.31 Å². The summed E-state index contributed by atoms with van der Waals surface area (Å²) in [4.78, 5) is 0. The molecule has 0 unspecified atom stereocenters. The van der Waals surface area contributed by atoms with E-state index in [4.69, 9.17) is 5.73 Å². The van der Waals surface area contributed by atoms with E-state index >= 15 is 0 Å². The van der Waals surface area contributed by atoms with Gasteiger partial charge < -0.3 is 5.73 Å². The summed E-state index contributed by atoms with van der Waals surface area (Å²) in [7, 11) is -3.21. The molecule has 7 heteroatoms. The van der Waals surface area contributed by atoms with Crippen molar-refractivity contribution in [3.63, 3.8) is 0 Å². The molecule has 0 radical (unpaired) electrons. The molecule has 0 amide bonds. The lowest BCUT2D eigenvalue weighted by molar-refractivity contribution is 0.599. The molecule has 0 aromatic heterocycles. The van der Waals surface area contributed by atoms with Crippen molar-refractivity contribution in [2.75, 3.05) is 22.3 Å². The first-order chi connectivity index (χ1) is 7.00. The van der Waals surface area contributed by atoms with Crippen molar-refractivity contribution in [3.05, 3.63) is 24.0 Å². The van der Waals surface area contributed by atoms with E-state index in [1.165, 1.54) is 22.5 Å². The van der Waals surface area contributed by atoms with E-state index in [-0.39, 0.29) is 23.8 Å². The molecule has 1 fully saturated rings. The molecule has 1 aliphatic rings. The third-order valence-electron chi connectivity index (χ3n) is 2.37. The predicted octanol–water partition coefficient (Wildman–Crippen LogP) is 1.37. The molecule has 2 rings (SSSR count). The van der Waals surface area contributed by atoms with Crippen LogP contribution in [0.15, 0.2) is 18.2 Å². The van der Waals surface area contributed by atoms with Crippen molar-refractivity contribution in [1.29, 1.82) is 0 Å². The molecule has 0 aliphatic carbocycles. The summed E-state index contributed by atoms with van der Waals surface area (Å²) in [6, 6.07) is 3.95. The van der Waals surface area contributed by atoms with Gasteiger partial charge in [0.2, 0.25) is 10.0 Å². The van der Waals surface area contributed by atoms with Crippen LogP contribution in [0.3, 0.4) is 0 Å². The maximum absolute atomic E-state index is 12.9. The van der Waals surface area contributed by atoms with Gasteiger partial charge in [0.15, 0.2) is 0 Å². The molecule has 1 aromatic carbocycles. The number of nitrogens with zero attached hydrogens (tertiary/aromatic N) is 1. The molecule has 0 atom stereocenters. The van der Waals surface area contributed by atoms with Gasteiger partial charge >= 0.3 is 0 Å². The Hall–Kier alpha value is -1.01. The van der Waals surface area contributed by atoms with E-state index < -0.39 is 15.8 Å². The minimum atomic E-state index is -3.21. The van der Waals surface area contributed by atoms with Crippen LogP contribution in [-0.2, 0) is 10.0 Å². The number of sulfonamides is 1. The smallest absolute Gasteiger partial charge is 0.235 e. The average molecular weight is 267 g/mol. The van der Waals surface area contributed by atoms with Crippen LogP contribution in [0.2, 0.25) is 0 Å². The summed E-state index contributed by atoms with van der Waals surface area (Å²) in [5.74, 6) is -0.389. The van der Waals surface area contributed by atoms with Crippen LogP contribution in [0, 0.1) is 5.82 Å². The van der Waals surface area contributed by atoms with Crippen molar-refractivity contribution in [3.8, 4) is 0 Å². The summed E-state index contributed by atoms with van der Waals surface area (Å²) >= 11 is 0. The van der Waals surface area contributed by atoms with Crippen molar-refractivity contribution in [2.45, 2.75) is 6.42 Å². The fraction of sp³-hybridized carbons (Fsp3) is 0.333. The number of anilines is 2. The van der Waals surface area contributed by atoms with Crippen LogP contribution >= 0.6 is 12.4 Å². The summed E-state index contributed by atoms with van der Waals surface area (Å²) in [5, 5.41) is 0. The Kier molecular flexibility index (Phi) is 3.64. The highest BCUT2D eigenvalue weighted by Crippen LogP contribution is 2.26. The van der Waals surface area contributed by atoms with E-state index in [1.807, 2.05) is 0 Å². The second kappa shape index (κ2) is 4.47. The molecule has 1 saturated heterocycles. The van der Waals surface area contributed by atoms with Crippen LogP contribution in [0.25, 0.3) is 0 Å². The van der Waals surface area contributed by atoms with Crippen molar-refractivity contribution >= 4 is 33.8 Å². The molecule has 1 aliphatic heterocycles. The number of rotatable bonds is 1. The van der Waals surface area contributed by atoms with Crippen LogP contribution in [0.5, 0.6) is 0 Å². The molecule has 2 N–H and O–H groups in total. The van der Waals surface area contributed by atoms with Gasteiger partial charge in [-0.15, -0.1) is 12.4 Å². The maximum atomic E-state index is 12.9. The fourth-order valence-electron chi connectivity index (χ4n) is 1.62. The van der Waals surface area contributed by atoms with E-state index in [1.54, 1.807) is 0 Å². The first-order valence-corrected chi connectivity index (χ1v) is 6.17. The fourth-order valence-corrected chi connectivity index (χ4v) is 3.17. The number of nitrogens with two attached hydrogens (primary N) is 1. The summed E-state index contributed by atoms with van der Waals surface area (Å²) in [6.07, 6.45) is 0.597. The Morgan fingerprint density at radius 2 is 2.06 bits per heavy atom. The Labute approximate surface area is 99.7 Å². The first kappa shape index (κ1) is 13.1. The lowest BCUT2D eigenvalue weighted by Gasteiger charge is -2.17. The lowest BCUT2D eigenvalue weighted by atomic mass is 10.2. The molecule has 16 heavy (non-hydrogen) atoms. The topological polar surface area (TPSA) is 63.4 Å². The monoisotopic (exact) mass is 266 g/mol. The zero-order valence-electron chi connectivity index (χ0n) is 8.39. The molecular formula is C9H12ClFN2O2S. The van der Waals surface area contributed by atoms with E-state index in [0.29, 0.717) is 18.7 Å². The highest BCUT2D eigenvalue weighted by atomic mass is 35.5. The van der Waals surface area contributed by atoms with E-state index in [2.05, 4.69) is 0 Å². The largest absolute Gasteiger partial charge is 0.396 e. The molecule has 4 nitrogen and oxygen atoms in total. The minimum Gasteiger partial charge on any atom is -0.396 e. The normalized spacial score (nSPS) is 18.2. The second-order valence-corrected chi connectivity index (χ2v) is 5.46. The van der Waals surface area contributed by atoms with Crippen LogP contribution < -0.4 is 10.0 Å². The van der Waals surface area contributed by atoms with Crippen molar-refractivity contribution in [1.82, 2.24) is 0 Å². The molecule has 0 spiro atoms. The first-order valence-electron chi connectivity index (χ1n) is 4.56. The van der Waals surface area contributed by atoms with Crippen LogP contribution in [0.1, 0.15) is 6.42 Å². The minimum absolute atomic E-state index is 0. The summed E-state index contributed by atoms with van der Waals surface area (Å²) in [5.41, 5.74) is 5.78. The third kappa shape index (κ3) is 2.22. The highest BCUT2D eigenvalue weighted by molar-refractivity contribution is 7.93. The quantitative estimate of drug-likeness (QED) is 0.781. The zero-order chi connectivity index (χ0) is 11.1. The molecule has 0 bridgehead atoms. The van der Waals surface area contributed by atoms with Gasteiger partial charge in [-0.25, -0.2) is 12.8 Å².